The van der Waals surface area contributed by atoms with Gasteiger partial charge in [-0.05, 0) is 52.7 Å². The van der Waals surface area contributed by atoms with E-state index < -0.39 is 0 Å². The molecule has 3 heterocycles. The van der Waals surface area contributed by atoms with E-state index in [1.807, 2.05) is 33.8 Å². The van der Waals surface area contributed by atoms with Crippen molar-refractivity contribution >= 4 is 5.91 Å². The Hall–Kier alpha value is -3.98. The Morgan fingerprint density at radius 1 is 1.03 bits per heavy atom. The molecule has 9 heteroatoms. The lowest BCUT2D eigenvalue weighted by Gasteiger charge is -2.38. The normalized spacial score (nSPS) is 15.2. The van der Waals surface area contributed by atoms with Crippen LogP contribution in [0.25, 0.3) is 0 Å². The van der Waals surface area contributed by atoms with Gasteiger partial charge in [0.25, 0.3) is 5.91 Å². The zero-order valence-electron chi connectivity index (χ0n) is 19.9. The average molecular weight is 473 g/mol. The molecule has 0 spiro atoms. The first-order valence-electron chi connectivity index (χ1n) is 11.6. The van der Waals surface area contributed by atoms with Gasteiger partial charge in [0.1, 0.15) is 5.75 Å². The van der Waals surface area contributed by atoms with Crippen LogP contribution in [0.1, 0.15) is 39.1 Å². The molecule has 0 radical (unpaired) electrons. The van der Waals surface area contributed by atoms with Gasteiger partial charge >= 0.3 is 0 Å². The number of hydrogen-bond acceptors (Lipinski definition) is 7. The lowest BCUT2D eigenvalue weighted by molar-refractivity contribution is 0.0559. The third-order valence-corrected chi connectivity index (χ3v) is 6.39. The first-order chi connectivity index (χ1) is 17.1. The molecule has 0 aliphatic carbocycles. The van der Waals surface area contributed by atoms with Crippen molar-refractivity contribution < 1.29 is 13.9 Å². The molecule has 0 saturated carbocycles. The van der Waals surface area contributed by atoms with Crippen LogP contribution in [0.4, 0.5) is 0 Å². The first-order valence-corrected chi connectivity index (χ1v) is 11.6. The van der Waals surface area contributed by atoms with E-state index >= 15 is 0 Å². The average Bonchev–Trinajstić information content (AvgIpc) is 3.59. The number of rotatable bonds is 7. The Labute approximate surface area is 203 Å². The predicted octanol–water partition coefficient (Wildman–Crippen LogP) is 3.18. The highest BCUT2D eigenvalue weighted by Crippen LogP contribution is 2.29. The molecule has 2 aromatic heterocycles. The number of ether oxygens (including phenoxy) is 1. The molecule has 1 fully saturated rings. The molecule has 0 N–H and O–H groups in total. The van der Waals surface area contributed by atoms with Gasteiger partial charge in [0, 0.05) is 26.2 Å². The van der Waals surface area contributed by atoms with Crippen molar-refractivity contribution in [3.63, 3.8) is 0 Å². The minimum atomic E-state index is -0.135. The molecule has 1 amide bonds. The van der Waals surface area contributed by atoms with E-state index in [1.54, 1.807) is 19.2 Å². The van der Waals surface area contributed by atoms with Crippen LogP contribution in [0, 0.1) is 6.92 Å². The number of furan rings is 1. The lowest BCUT2D eigenvalue weighted by atomic mass is 10.0. The Bertz CT molecular complexity index is 1240. The summed E-state index contributed by atoms with van der Waals surface area (Å²) >= 11 is 0. The fourth-order valence-electron chi connectivity index (χ4n) is 4.44. The summed E-state index contributed by atoms with van der Waals surface area (Å²) in [6, 6.07) is 19.7. The SMILES string of the molecule is COc1ccc(Cn2nnnc2C(c2ccc(C)cc2)N2CCN(C(=O)c3ccco3)CC2)cc1. The molecule has 1 unspecified atom stereocenters. The second kappa shape index (κ2) is 10.1. The smallest absolute Gasteiger partial charge is 0.289 e. The highest BCUT2D eigenvalue weighted by Gasteiger charge is 2.32. The molecular formula is C26H28N6O3. The highest BCUT2D eigenvalue weighted by molar-refractivity contribution is 5.91. The van der Waals surface area contributed by atoms with Gasteiger partial charge in [-0.1, -0.05) is 42.0 Å². The summed E-state index contributed by atoms with van der Waals surface area (Å²) in [5.41, 5.74) is 3.39. The molecule has 9 nitrogen and oxygen atoms in total. The van der Waals surface area contributed by atoms with E-state index in [9.17, 15) is 4.79 Å². The van der Waals surface area contributed by atoms with Crippen molar-refractivity contribution in [3.8, 4) is 5.75 Å². The van der Waals surface area contributed by atoms with Gasteiger partial charge < -0.3 is 14.1 Å². The largest absolute Gasteiger partial charge is 0.497 e. The molecule has 1 aliphatic rings. The number of aryl methyl sites for hydroxylation is 1. The minimum absolute atomic E-state index is 0.0779. The van der Waals surface area contributed by atoms with Crippen LogP contribution in [0.2, 0.25) is 0 Å². The zero-order valence-corrected chi connectivity index (χ0v) is 19.9. The Morgan fingerprint density at radius 2 is 1.77 bits per heavy atom. The van der Waals surface area contributed by atoms with E-state index in [-0.39, 0.29) is 11.9 Å². The van der Waals surface area contributed by atoms with Gasteiger partial charge in [-0.15, -0.1) is 5.10 Å². The van der Waals surface area contributed by atoms with E-state index in [1.165, 1.54) is 11.8 Å². The van der Waals surface area contributed by atoms with E-state index in [0.717, 1.165) is 22.7 Å². The van der Waals surface area contributed by atoms with Crippen molar-refractivity contribution in [2.75, 3.05) is 33.3 Å². The highest BCUT2D eigenvalue weighted by atomic mass is 16.5. The van der Waals surface area contributed by atoms with Gasteiger partial charge in [0.05, 0.1) is 26.0 Å². The van der Waals surface area contributed by atoms with Crippen molar-refractivity contribution in [3.05, 3.63) is 95.2 Å². The number of aromatic nitrogens is 4. The number of hydrogen-bond donors (Lipinski definition) is 0. The molecular weight excluding hydrogens is 444 g/mol. The molecule has 1 atom stereocenters. The molecule has 4 aromatic rings. The van der Waals surface area contributed by atoms with E-state index in [2.05, 4.69) is 51.6 Å². The number of carbonyl (C=O) groups is 1. The topological polar surface area (TPSA) is 89.5 Å². The summed E-state index contributed by atoms with van der Waals surface area (Å²) in [7, 11) is 1.66. The van der Waals surface area contributed by atoms with Crippen molar-refractivity contribution in [1.29, 1.82) is 0 Å². The Balaban J connectivity index is 1.39. The second-order valence-corrected chi connectivity index (χ2v) is 8.66. The van der Waals surface area contributed by atoms with Crippen LogP contribution in [0.15, 0.2) is 71.3 Å². The Morgan fingerprint density at radius 3 is 2.43 bits per heavy atom. The maximum Gasteiger partial charge on any atom is 0.289 e. The molecule has 5 rings (SSSR count). The standard InChI is InChI=1S/C26H28N6O3/c1-19-5-9-21(10-6-19)24(30-13-15-31(16-14-30)26(33)23-4-3-17-35-23)25-27-28-29-32(25)18-20-7-11-22(34-2)12-8-20/h3-12,17,24H,13-16,18H2,1-2H3. The molecule has 1 saturated heterocycles. The number of piperazine rings is 1. The van der Waals surface area contributed by atoms with Crippen LogP contribution in [0.3, 0.4) is 0 Å². The number of carbonyl (C=O) groups excluding carboxylic acids is 1. The van der Waals surface area contributed by atoms with E-state index in [4.69, 9.17) is 9.15 Å². The van der Waals surface area contributed by atoms with Crippen LogP contribution in [0.5, 0.6) is 5.75 Å². The molecule has 0 bridgehead atoms. The number of amides is 1. The lowest BCUT2D eigenvalue weighted by Crippen LogP contribution is -2.50. The van der Waals surface area contributed by atoms with Crippen LogP contribution in [-0.4, -0.2) is 69.2 Å². The first kappa shape index (κ1) is 22.8. The summed E-state index contributed by atoms with van der Waals surface area (Å²) < 4.78 is 12.4. The van der Waals surface area contributed by atoms with Crippen molar-refractivity contribution in [2.24, 2.45) is 0 Å². The van der Waals surface area contributed by atoms with Gasteiger partial charge in [-0.3, -0.25) is 9.69 Å². The number of tetrazole rings is 1. The van der Waals surface area contributed by atoms with Crippen molar-refractivity contribution in [1.82, 2.24) is 30.0 Å². The predicted molar refractivity (Wildman–Crippen MR) is 129 cm³/mol. The molecule has 35 heavy (non-hydrogen) atoms. The summed E-state index contributed by atoms with van der Waals surface area (Å²) in [6.07, 6.45) is 1.53. The Kier molecular flexibility index (Phi) is 6.58. The van der Waals surface area contributed by atoms with Gasteiger partial charge in [-0.2, -0.15) is 0 Å². The van der Waals surface area contributed by atoms with Crippen LogP contribution >= 0.6 is 0 Å². The molecule has 180 valence electrons. The third-order valence-electron chi connectivity index (χ3n) is 6.39. The fraction of sp³-hybridized carbons (Fsp3) is 0.308. The monoisotopic (exact) mass is 472 g/mol. The second-order valence-electron chi connectivity index (χ2n) is 8.66. The maximum atomic E-state index is 12.7. The number of methoxy groups -OCH3 is 1. The van der Waals surface area contributed by atoms with Crippen molar-refractivity contribution in [2.45, 2.75) is 19.5 Å². The fourth-order valence-corrected chi connectivity index (χ4v) is 4.44. The molecule has 2 aromatic carbocycles. The van der Waals surface area contributed by atoms with Crippen LogP contribution < -0.4 is 4.74 Å². The van der Waals surface area contributed by atoms with E-state index in [0.29, 0.717) is 38.5 Å². The summed E-state index contributed by atoms with van der Waals surface area (Å²) in [5, 5.41) is 12.8. The quantitative estimate of drug-likeness (QED) is 0.408. The molecule has 1 aliphatic heterocycles. The van der Waals surface area contributed by atoms with Gasteiger partial charge in [0.15, 0.2) is 11.6 Å². The van der Waals surface area contributed by atoms with Gasteiger partial charge in [0.2, 0.25) is 0 Å². The third kappa shape index (κ3) is 4.95. The summed E-state index contributed by atoms with van der Waals surface area (Å²) in [6.45, 7) is 5.21. The minimum Gasteiger partial charge on any atom is -0.497 e. The van der Waals surface area contributed by atoms with Crippen LogP contribution in [-0.2, 0) is 6.54 Å². The summed E-state index contributed by atoms with van der Waals surface area (Å²) in [4.78, 5) is 16.9. The zero-order chi connectivity index (χ0) is 24.2. The number of nitrogens with zero attached hydrogens (tertiary/aromatic N) is 6. The van der Waals surface area contributed by atoms with Gasteiger partial charge in [-0.25, -0.2) is 4.68 Å². The summed E-state index contributed by atoms with van der Waals surface area (Å²) in [5.74, 6) is 1.88. The number of benzene rings is 2. The maximum absolute atomic E-state index is 12.7.